The third-order valence-electron chi connectivity index (χ3n) is 2.40. The zero-order valence-corrected chi connectivity index (χ0v) is 9.37. The minimum absolute atomic E-state index is 0.100. The van der Waals surface area contributed by atoms with E-state index in [2.05, 4.69) is 28.6 Å². The predicted octanol–water partition coefficient (Wildman–Crippen LogP) is 2.15. The molecule has 3 nitrogen and oxygen atoms in total. The maximum atomic E-state index is 6.11. The van der Waals surface area contributed by atoms with Crippen LogP contribution in [0.15, 0.2) is 30.5 Å². The molecule has 15 heavy (non-hydrogen) atoms. The molecule has 1 heterocycles. The lowest BCUT2D eigenvalue weighted by molar-refractivity contribution is 0.883. The number of aromatic nitrogens is 2. The fraction of sp³-hybridized carbons (Fsp3) is 0.273. The summed E-state index contributed by atoms with van der Waals surface area (Å²) in [5, 5.41) is 3.80. The first-order valence-corrected chi connectivity index (χ1v) is 5.70. The third kappa shape index (κ3) is 2.22. The van der Waals surface area contributed by atoms with Crippen LogP contribution in [0.2, 0.25) is 0 Å². The molecule has 2 rings (SSSR count). The normalized spacial score (nSPS) is 12.7. The molecule has 1 aromatic heterocycles. The molecule has 0 amide bonds. The molecule has 1 unspecified atom stereocenters. The Balaban J connectivity index is 2.29. The summed E-state index contributed by atoms with van der Waals surface area (Å²) in [5.41, 5.74) is 8.55. The van der Waals surface area contributed by atoms with Crippen molar-refractivity contribution < 1.29 is 0 Å². The number of hydrogen-bond donors (Lipinski definition) is 1. The van der Waals surface area contributed by atoms with E-state index in [1.807, 2.05) is 12.1 Å². The van der Waals surface area contributed by atoms with Gasteiger partial charge in [0.15, 0.2) is 0 Å². The Morgan fingerprint density at radius 2 is 2.33 bits per heavy atom. The van der Waals surface area contributed by atoms with Crippen LogP contribution in [0.3, 0.4) is 0 Å². The first kappa shape index (κ1) is 10.3. The molecular weight excluding hydrogens is 206 g/mol. The van der Waals surface area contributed by atoms with Crippen LogP contribution >= 0.6 is 11.5 Å². The fourth-order valence-electron chi connectivity index (χ4n) is 1.48. The molecule has 0 saturated carbocycles. The molecule has 0 bridgehead atoms. The van der Waals surface area contributed by atoms with Crippen LogP contribution < -0.4 is 5.73 Å². The molecule has 0 saturated heterocycles. The Morgan fingerprint density at radius 1 is 1.47 bits per heavy atom. The Labute approximate surface area is 93.1 Å². The minimum Gasteiger partial charge on any atom is -0.320 e. The van der Waals surface area contributed by atoms with Gasteiger partial charge in [0.2, 0.25) is 0 Å². The summed E-state index contributed by atoms with van der Waals surface area (Å²) in [4.78, 5) is 1.00. The van der Waals surface area contributed by atoms with Gasteiger partial charge in [-0.05, 0) is 29.1 Å². The van der Waals surface area contributed by atoms with E-state index < -0.39 is 0 Å². The minimum atomic E-state index is -0.100. The van der Waals surface area contributed by atoms with Gasteiger partial charge in [0.1, 0.15) is 0 Å². The molecule has 1 aromatic carbocycles. The van der Waals surface area contributed by atoms with E-state index in [-0.39, 0.29) is 6.04 Å². The Bertz CT molecular complexity index is 425. The predicted molar refractivity (Wildman–Crippen MR) is 61.8 cm³/mol. The van der Waals surface area contributed by atoms with E-state index >= 15 is 0 Å². The standard InChI is InChI=1S/C11H13N3S/c1-2-8-4-3-5-9(6-8)11(12)10-7-13-14-15-10/h3-7,11H,2,12H2,1H3. The lowest BCUT2D eigenvalue weighted by atomic mass is 10.0. The molecule has 0 radical (unpaired) electrons. The van der Waals surface area contributed by atoms with E-state index in [9.17, 15) is 0 Å². The highest BCUT2D eigenvalue weighted by atomic mass is 32.1. The number of aryl methyl sites for hydroxylation is 1. The topological polar surface area (TPSA) is 51.8 Å². The molecule has 0 aliphatic carbocycles. The summed E-state index contributed by atoms with van der Waals surface area (Å²) < 4.78 is 3.82. The highest BCUT2D eigenvalue weighted by molar-refractivity contribution is 7.05. The zero-order valence-electron chi connectivity index (χ0n) is 8.55. The molecule has 4 heteroatoms. The lowest BCUT2D eigenvalue weighted by Crippen LogP contribution is -2.10. The van der Waals surface area contributed by atoms with Crippen LogP contribution in [-0.4, -0.2) is 9.59 Å². The molecule has 2 N–H and O–H groups in total. The maximum Gasteiger partial charge on any atom is 0.0678 e. The van der Waals surface area contributed by atoms with Gasteiger partial charge in [-0.25, -0.2) is 0 Å². The number of rotatable bonds is 3. The molecule has 0 aliphatic rings. The highest BCUT2D eigenvalue weighted by Gasteiger charge is 2.11. The smallest absolute Gasteiger partial charge is 0.0678 e. The van der Waals surface area contributed by atoms with Crippen LogP contribution in [0.1, 0.15) is 29.0 Å². The molecule has 78 valence electrons. The molecule has 1 atom stereocenters. The summed E-state index contributed by atoms with van der Waals surface area (Å²) in [7, 11) is 0. The average molecular weight is 219 g/mol. The van der Waals surface area contributed by atoms with Crippen molar-refractivity contribution in [1.82, 2.24) is 9.59 Å². The summed E-state index contributed by atoms with van der Waals surface area (Å²) >= 11 is 1.35. The van der Waals surface area contributed by atoms with Crippen LogP contribution in [0, 0.1) is 0 Å². The van der Waals surface area contributed by atoms with Gasteiger partial charge >= 0.3 is 0 Å². The first-order valence-electron chi connectivity index (χ1n) is 4.93. The molecular formula is C11H13N3S. The number of hydrogen-bond acceptors (Lipinski definition) is 4. The van der Waals surface area contributed by atoms with E-state index in [0.29, 0.717) is 0 Å². The van der Waals surface area contributed by atoms with E-state index in [0.717, 1.165) is 16.9 Å². The highest BCUT2D eigenvalue weighted by Crippen LogP contribution is 2.21. The van der Waals surface area contributed by atoms with Gasteiger partial charge in [0.25, 0.3) is 0 Å². The van der Waals surface area contributed by atoms with Crippen molar-refractivity contribution in [3.8, 4) is 0 Å². The van der Waals surface area contributed by atoms with E-state index in [4.69, 9.17) is 5.73 Å². The van der Waals surface area contributed by atoms with Gasteiger partial charge in [-0.2, -0.15) is 0 Å². The lowest BCUT2D eigenvalue weighted by Gasteiger charge is -2.09. The second-order valence-corrected chi connectivity index (χ2v) is 4.21. The monoisotopic (exact) mass is 219 g/mol. The van der Waals surface area contributed by atoms with E-state index in [1.165, 1.54) is 17.1 Å². The summed E-state index contributed by atoms with van der Waals surface area (Å²) in [6.45, 7) is 2.14. The van der Waals surface area contributed by atoms with Crippen molar-refractivity contribution in [3.63, 3.8) is 0 Å². The zero-order chi connectivity index (χ0) is 10.7. The molecule has 0 aliphatic heterocycles. The van der Waals surface area contributed by atoms with Gasteiger partial charge in [-0.1, -0.05) is 35.7 Å². The SMILES string of the molecule is CCc1cccc(C(N)c2cnns2)c1. The van der Waals surface area contributed by atoms with E-state index in [1.54, 1.807) is 6.20 Å². The van der Waals surface area contributed by atoms with Crippen LogP contribution in [0.4, 0.5) is 0 Å². The Kier molecular flexibility index (Phi) is 3.08. The van der Waals surface area contributed by atoms with Gasteiger partial charge < -0.3 is 5.73 Å². The van der Waals surface area contributed by atoms with Crippen molar-refractivity contribution in [3.05, 3.63) is 46.5 Å². The summed E-state index contributed by atoms with van der Waals surface area (Å²) in [6.07, 6.45) is 2.76. The maximum absolute atomic E-state index is 6.11. The largest absolute Gasteiger partial charge is 0.320 e. The summed E-state index contributed by atoms with van der Waals surface area (Å²) in [6, 6.07) is 8.24. The van der Waals surface area contributed by atoms with Gasteiger partial charge in [-0.15, -0.1) is 5.10 Å². The molecule has 0 spiro atoms. The van der Waals surface area contributed by atoms with Crippen LogP contribution in [0.5, 0.6) is 0 Å². The van der Waals surface area contributed by atoms with Gasteiger partial charge in [0, 0.05) is 0 Å². The van der Waals surface area contributed by atoms with Crippen LogP contribution in [0.25, 0.3) is 0 Å². The molecule has 0 fully saturated rings. The second kappa shape index (κ2) is 4.51. The van der Waals surface area contributed by atoms with Crippen molar-refractivity contribution in [2.45, 2.75) is 19.4 Å². The number of nitrogens with zero attached hydrogens (tertiary/aromatic N) is 2. The van der Waals surface area contributed by atoms with Gasteiger partial charge in [0.05, 0.1) is 17.1 Å². The Hall–Kier alpha value is -1.26. The van der Waals surface area contributed by atoms with Gasteiger partial charge in [-0.3, -0.25) is 0 Å². The quantitative estimate of drug-likeness (QED) is 0.860. The first-order chi connectivity index (χ1) is 7.31. The summed E-state index contributed by atoms with van der Waals surface area (Å²) in [5.74, 6) is 0. The molecule has 2 aromatic rings. The van der Waals surface area contributed by atoms with Crippen LogP contribution in [-0.2, 0) is 6.42 Å². The average Bonchev–Trinajstić information content (AvgIpc) is 2.81. The van der Waals surface area contributed by atoms with Crippen molar-refractivity contribution in [1.29, 1.82) is 0 Å². The van der Waals surface area contributed by atoms with Crippen molar-refractivity contribution in [2.75, 3.05) is 0 Å². The Morgan fingerprint density at radius 3 is 3.00 bits per heavy atom. The fourth-order valence-corrected chi connectivity index (χ4v) is 2.02. The number of nitrogens with two attached hydrogens (primary N) is 1. The van der Waals surface area contributed by atoms with Crippen molar-refractivity contribution >= 4 is 11.5 Å². The second-order valence-electron chi connectivity index (χ2n) is 3.40. The number of benzene rings is 1. The van der Waals surface area contributed by atoms with Crippen molar-refractivity contribution in [2.24, 2.45) is 5.73 Å². The third-order valence-corrected chi connectivity index (χ3v) is 3.15.